The van der Waals surface area contributed by atoms with Crippen LogP contribution in [0.1, 0.15) is 0 Å². The third-order valence-electron chi connectivity index (χ3n) is 1.01. The molecular formula is C6H5IO3. The van der Waals surface area contributed by atoms with Gasteiger partial charge in [-0.15, -0.1) is 0 Å². The summed E-state index contributed by atoms with van der Waals surface area (Å²) < 4.78 is 10.7. The van der Waals surface area contributed by atoms with Crippen molar-refractivity contribution >= 4 is 21.2 Å². The molecule has 0 fully saturated rings. The van der Waals surface area contributed by atoms with Gasteiger partial charge in [0.2, 0.25) is 0 Å². The fourth-order valence-corrected chi connectivity index (χ4v) is 1.27. The number of hydrogen-bond donors (Lipinski definition) is 2. The second-order valence-electron chi connectivity index (χ2n) is 1.71. The van der Waals surface area contributed by atoms with Crippen LogP contribution in [0.5, 0.6) is 11.5 Å². The lowest BCUT2D eigenvalue weighted by atomic mass is 10.3. The van der Waals surface area contributed by atoms with Gasteiger partial charge in [0.1, 0.15) is 11.5 Å². The van der Waals surface area contributed by atoms with Gasteiger partial charge < -0.3 is 10.2 Å². The van der Waals surface area contributed by atoms with Crippen molar-refractivity contribution < 1.29 is 13.3 Å². The van der Waals surface area contributed by atoms with Crippen LogP contribution in [0.3, 0.4) is 0 Å². The molecule has 3 nitrogen and oxygen atoms in total. The van der Waals surface area contributed by atoms with Crippen LogP contribution in [-0.2, 0) is 3.07 Å². The highest BCUT2D eigenvalue weighted by Gasteiger charge is 1.99. The van der Waals surface area contributed by atoms with Gasteiger partial charge in [-0.3, -0.25) is 3.07 Å². The van der Waals surface area contributed by atoms with E-state index in [-0.39, 0.29) is 11.5 Å². The van der Waals surface area contributed by atoms with Crippen LogP contribution in [0.25, 0.3) is 0 Å². The highest BCUT2D eigenvalue weighted by Crippen LogP contribution is 2.25. The molecule has 0 aliphatic heterocycles. The summed E-state index contributed by atoms with van der Waals surface area (Å²) in [7, 11) is 0. The first kappa shape index (κ1) is 7.46. The maximum atomic E-state index is 10.3. The first-order chi connectivity index (χ1) is 4.74. The summed E-state index contributed by atoms with van der Waals surface area (Å²) in [6.45, 7) is 0. The number of benzene rings is 1. The van der Waals surface area contributed by atoms with Gasteiger partial charge in [0, 0.05) is 6.07 Å². The maximum absolute atomic E-state index is 10.3. The van der Waals surface area contributed by atoms with Crippen molar-refractivity contribution in [3.05, 3.63) is 21.8 Å². The number of halogens is 1. The molecule has 0 radical (unpaired) electrons. The van der Waals surface area contributed by atoms with E-state index in [4.69, 9.17) is 10.2 Å². The zero-order valence-corrected chi connectivity index (χ0v) is 7.07. The largest absolute Gasteiger partial charge is 0.508 e. The molecule has 0 bridgehead atoms. The Labute approximate surface area is 68.0 Å². The molecule has 0 atom stereocenters. The van der Waals surface area contributed by atoms with Gasteiger partial charge in [-0.2, -0.15) is 0 Å². The lowest BCUT2D eigenvalue weighted by molar-refractivity contribution is 0.448. The molecule has 54 valence electrons. The summed E-state index contributed by atoms with van der Waals surface area (Å²) in [6.07, 6.45) is 0. The van der Waals surface area contributed by atoms with E-state index in [1.165, 1.54) is 18.2 Å². The topological polar surface area (TPSA) is 57.5 Å². The van der Waals surface area contributed by atoms with Crippen molar-refractivity contribution in [1.82, 2.24) is 0 Å². The minimum absolute atomic E-state index is 0.0151. The lowest BCUT2D eigenvalue weighted by Gasteiger charge is -1.94. The number of aromatic hydroxyl groups is 2. The second-order valence-corrected chi connectivity index (χ2v) is 3.32. The van der Waals surface area contributed by atoms with E-state index in [0.29, 0.717) is 3.57 Å². The Kier molecular flexibility index (Phi) is 2.21. The van der Waals surface area contributed by atoms with E-state index in [0.717, 1.165) is 0 Å². The predicted molar refractivity (Wildman–Crippen MR) is 43.2 cm³/mol. The van der Waals surface area contributed by atoms with Crippen molar-refractivity contribution in [3.63, 3.8) is 0 Å². The Morgan fingerprint density at radius 1 is 1.30 bits per heavy atom. The van der Waals surface area contributed by atoms with E-state index in [9.17, 15) is 3.07 Å². The fraction of sp³-hybridized carbons (Fsp3) is 0. The molecule has 0 aliphatic carbocycles. The van der Waals surface area contributed by atoms with Crippen LogP contribution in [-0.4, -0.2) is 10.2 Å². The molecule has 0 aliphatic rings. The van der Waals surface area contributed by atoms with E-state index in [1.54, 1.807) is 0 Å². The average Bonchev–Trinajstić information content (AvgIpc) is 1.88. The molecule has 0 aromatic heterocycles. The van der Waals surface area contributed by atoms with Crippen LogP contribution in [0.15, 0.2) is 18.2 Å². The van der Waals surface area contributed by atoms with Gasteiger partial charge in [-0.05, 0) is 12.1 Å². The molecule has 0 heterocycles. The molecule has 1 aromatic carbocycles. The number of phenols is 2. The Morgan fingerprint density at radius 3 is 2.50 bits per heavy atom. The highest BCUT2D eigenvalue weighted by molar-refractivity contribution is 14.1. The van der Waals surface area contributed by atoms with Gasteiger partial charge in [0.15, 0.2) is 21.2 Å². The molecule has 0 saturated carbocycles. The molecule has 1 aromatic rings. The predicted octanol–water partition coefficient (Wildman–Crippen LogP) is 1.58. The number of phenolic OH excluding ortho intramolecular Hbond substituents is 2. The Balaban J connectivity index is 3.19. The smallest absolute Gasteiger partial charge is 0.185 e. The molecule has 0 saturated heterocycles. The van der Waals surface area contributed by atoms with E-state index in [2.05, 4.69) is 0 Å². The third-order valence-corrected chi connectivity index (χ3v) is 2.40. The van der Waals surface area contributed by atoms with Gasteiger partial charge in [0.25, 0.3) is 0 Å². The highest BCUT2D eigenvalue weighted by atomic mass is 127. The summed E-state index contributed by atoms with van der Waals surface area (Å²) in [4.78, 5) is 0. The van der Waals surface area contributed by atoms with Gasteiger partial charge >= 0.3 is 0 Å². The normalized spacial score (nSPS) is 9.60. The Morgan fingerprint density at radius 2 is 2.00 bits per heavy atom. The molecule has 0 spiro atoms. The quantitative estimate of drug-likeness (QED) is 0.746. The minimum Gasteiger partial charge on any atom is -0.508 e. The summed E-state index contributed by atoms with van der Waals surface area (Å²) >= 11 is -1.34. The van der Waals surface area contributed by atoms with Gasteiger partial charge in [-0.25, -0.2) is 0 Å². The van der Waals surface area contributed by atoms with Crippen LogP contribution >= 0.6 is 21.2 Å². The lowest BCUT2D eigenvalue weighted by Crippen LogP contribution is -1.71. The molecule has 4 heteroatoms. The second kappa shape index (κ2) is 2.96. The van der Waals surface area contributed by atoms with Crippen molar-refractivity contribution in [3.8, 4) is 11.5 Å². The van der Waals surface area contributed by atoms with Gasteiger partial charge in [0.05, 0.1) is 3.57 Å². The first-order valence-electron chi connectivity index (χ1n) is 2.53. The molecule has 0 amide bonds. The first-order valence-corrected chi connectivity index (χ1v) is 4.49. The van der Waals surface area contributed by atoms with Crippen molar-refractivity contribution in [2.24, 2.45) is 0 Å². The van der Waals surface area contributed by atoms with E-state index < -0.39 is 21.2 Å². The fourth-order valence-electron chi connectivity index (χ4n) is 0.566. The summed E-state index contributed by atoms with van der Waals surface area (Å²) in [5.74, 6) is -0.110. The van der Waals surface area contributed by atoms with Crippen molar-refractivity contribution in [1.29, 1.82) is 0 Å². The van der Waals surface area contributed by atoms with Crippen LogP contribution in [0.4, 0.5) is 0 Å². The number of hydrogen-bond acceptors (Lipinski definition) is 3. The molecule has 1 rings (SSSR count). The Hall–Kier alpha value is -0.650. The number of rotatable bonds is 1. The zero-order chi connectivity index (χ0) is 7.56. The summed E-state index contributed by atoms with van der Waals surface area (Å²) in [5.41, 5.74) is 0. The standard InChI is InChI=1S/C6H5IO3/c8-4-1-2-5(7-10)6(9)3-4/h1-3,8-9H. The monoisotopic (exact) mass is 252 g/mol. The zero-order valence-electron chi connectivity index (χ0n) is 4.91. The van der Waals surface area contributed by atoms with Crippen molar-refractivity contribution in [2.75, 3.05) is 0 Å². The summed E-state index contributed by atoms with van der Waals surface area (Å²) in [5, 5.41) is 17.7. The average molecular weight is 252 g/mol. The third kappa shape index (κ3) is 1.44. The molecular weight excluding hydrogens is 247 g/mol. The summed E-state index contributed by atoms with van der Waals surface area (Å²) in [6, 6.07) is 4.02. The van der Waals surface area contributed by atoms with Crippen LogP contribution in [0.2, 0.25) is 0 Å². The van der Waals surface area contributed by atoms with Gasteiger partial charge in [-0.1, -0.05) is 0 Å². The SMILES string of the molecule is O=Ic1ccc(O)cc1O. The van der Waals surface area contributed by atoms with E-state index >= 15 is 0 Å². The van der Waals surface area contributed by atoms with Crippen molar-refractivity contribution in [2.45, 2.75) is 0 Å². The molecule has 2 N–H and O–H groups in total. The Bertz CT molecular complexity index is 259. The molecule has 10 heavy (non-hydrogen) atoms. The minimum atomic E-state index is -1.34. The maximum Gasteiger partial charge on any atom is 0.185 e. The van der Waals surface area contributed by atoms with Crippen LogP contribution < -0.4 is 0 Å². The van der Waals surface area contributed by atoms with Crippen LogP contribution in [0, 0.1) is 3.57 Å². The van der Waals surface area contributed by atoms with E-state index in [1.807, 2.05) is 0 Å². The molecule has 0 unspecified atom stereocenters.